The Morgan fingerprint density at radius 2 is 1.68 bits per heavy atom. The second-order valence-electron chi connectivity index (χ2n) is 7.69. The summed E-state index contributed by atoms with van der Waals surface area (Å²) in [4.78, 5) is 29.0. The minimum atomic E-state index is -0.236. The lowest BCUT2D eigenvalue weighted by Crippen LogP contribution is -2.51. The average molecular weight is 418 g/mol. The number of carbonyl (C=O) groups excluding carboxylic acids is 2. The standard InChI is InChI=1S/C24H22N2O5/c1-15-14-25(24(28)22-4-3-9-29-22)20-12-17(5-7-19(20)26(15)16(2)27)18-6-8-21-23(13-18)31-11-10-30-21/h3-9,12-13,15H,10-11,14H2,1-2H3. The van der Waals surface area contributed by atoms with E-state index in [4.69, 9.17) is 13.9 Å². The highest BCUT2D eigenvalue weighted by Crippen LogP contribution is 2.41. The van der Waals surface area contributed by atoms with Crippen LogP contribution in [0.4, 0.5) is 11.4 Å². The molecule has 1 atom stereocenters. The Labute approximate surface area is 179 Å². The van der Waals surface area contributed by atoms with Gasteiger partial charge in [-0.3, -0.25) is 9.59 Å². The van der Waals surface area contributed by atoms with E-state index in [2.05, 4.69) is 0 Å². The van der Waals surface area contributed by atoms with Crippen LogP contribution in [0.15, 0.2) is 59.2 Å². The van der Waals surface area contributed by atoms with E-state index in [0.717, 1.165) is 16.9 Å². The topological polar surface area (TPSA) is 72.2 Å². The van der Waals surface area contributed by atoms with Crippen molar-refractivity contribution in [3.63, 3.8) is 0 Å². The van der Waals surface area contributed by atoms with Crippen LogP contribution in [-0.2, 0) is 4.79 Å². The minimum Gasteiger partial charge on any atom is -0.486 e. The predicted molar refractivity (Wildman–Crippen MR) is 116 cm³/mol. The molecule has 158 valence electrons. The van der Waals surface area contributed by atoms with Crippen LogP contribution in [0, 0.1) is 0 Å². The third-order valence-corrected chi connectivity index (χ3v) is 5.61. The van der Waals surface area contributed by atoms with Gasteiger partial charge in [0.1, 0.15) is 13.2 Å². The Hall–Kier alpha value is -3.74. The molecule has 2 aliphatic rings. The Bertz CT molecular complexity index is 1150. The lowest BCUT2D eigenvalue weighted by atomic mass is 10.00. The van der Waals surface area contributed by atoms with Gasteiger partial charge in [0.05, 0.1) is 23.7 Å². The molecule has 0 saturated carbocycles. The fourth-order valence-corrected chi connectivity index (χ4v) is 4.23. The predicted octanol–water partition coefficient (Wildman–Crippen LogP) is 4.12. The summed E-state index contributed by atoms with van der Waals surface area (Å²) in [7, 11) is 0. The van der Waals surface area contributed by atoms with E-state index in [1.165, 1.54) is 6.26 Å². The number of anilines is 2. The average Bonchev–Trinajstić information content (AvgIpc) is 3.32. The molecule has 2 amide bonds. The lowest BCUT2D eigenvalue weighted by molar-refractivity contribution is -0.117. The molecule has 5 rings (SSSR count). The third-order valence-electron chi connectivity index (χ3n) is 5.61. The van der Waals surface area contributed by atoms with Crippen LogP contribution in [0.25, 0.3) is 11.1 Å². The first-order chi connectivity index (χ1) is 15.0. The maximum absolute atomic E-state index is 13.2. The number of carbonyl (C=O) groups is 2. The molecule has 0 spiro atoms. The van der Waals surface area contributed by atoms with Gasteiger partial charge in [0, 0.05) is 13.5 Å². The number of hydrogen-bond acceptors (Lipinski definition) is 5. The van der Waals surface area contributed by atoms with Crippen molar-refractivity contribution in [3.8, 4) is 22.6 Å². The Morgan fingerprint density at radius 3 is 2.42 bits per heavy atom. The Balaban J connectivity index is 1.61. The maximum Gasteiger partial charge on any atom is 0.294 e. The molecule has 2 aromatic carbocycles. The first-order valence-corrected chi connectivity index (χ1v) is 10.2. The highest BCUT2D eigenvalue weighted by molar-refractivity contribution is 6.10. The van der Waals surface area contributed by atoms with E-state index in [9.17, 15) is 9.59 Å². The van der Waals surface area contributed by atoms with Gasteiger partial charge in [-0.15, -0.1) is 0 Å². The monoisotopic (exact) mass is 418 g/mol. The fourth-order valence-electron chi connectivity index (χ4n) is 4.23. The molecular formula is C24H22N2O5. The molecule has 1 aromatic heterocycles. The molecule has 0 aliphatic carbocycles. The zero-order valence-corrected chi connectivity index (χ0v) is 17.3. The van der Waals surface area contributed by atoms with Crippen molar-refractivity contribution < 1.29 is 23.5 Å². The van der Waals surface area contributed by atoms with Crippen molar-refractivity contribution in [2.75, 3.05) is 29.6 Å². The van der Waals surface area contributed by atoms with Gasteiger partial charge >= 0.3 is 0 Å². The smallest absolute Gasteiger partial charge is 0.294 e. The Morgan fingerprint density at radius 1 is 0.935 bits per heavy atom. The van der Waals surface area contributed by atoms with Crippen molar-refractivity contribution in [1.29, 1.82) is 0 Å². The van der Waals surface area contributed by atoms with E-state index in [0.29, 0.717) is 36.9 Å². The van der Waals surface area contributed by atoms with Crippen molar-refractivity contribution >= 4 is 23.2 Å². The van der Waals surface area contributed by atoms with Crippen molar-refractivity contribution in [3.05, 3.63) is 60.6 Å². The fraction of sp³-hybridized carbons (Fsp3) is 0.250. The van der Waals surface area contributed by atoms with Crippen LogP contribution in [-0.4, -0.2) is 37.6 Å². The summed E-state index contributed by atoms with van der Waals surface area (Å²) < 4.78 is 16.7. The van der Waals surface area contributed by atoms with Gasteiger partial charge in [0.15, 0.2) is 17.3 Å². The number of fused-ring (bicyclic) bond motifs is 2. The molecule has 0 saturated heterocycles. The van der Waals surface area contributed by atoms with Crippen molar-refractivity contribution in [2.24, 2.45) is 0 Å². The molecule has 2 aliphatic heterocycles. The molecule has 3 aromatic rings. The molecule has 7 heteroatoms. The van der Waals surface area contributed by atoms with E-state index in [1.54, 1.807) is 28.9 Å². The molecule has 7 nitrogen and oxygen atoms in total. The van der Waals surface area contributed by atoms with Gasteiger partial charge in [-0.25, -0.2) is 0 Å². The van der Waals surface area contributed by atoms with E-state index in [1.807, 2.05) is 43.3 Å². The molecule has 3 heterocycles. The zero-order valence-electron chi connectivity index (χ0n) is 17.3. The first-order valence-electron chi connectivity index (χ1n) is 10.2. The number of ether oxygens (including phenoxy) is 2. The summed E-state index contributed by atoms with van der Waals surface area (Å²) in [6.45, 7) is 4.89. The number of rotatable bonds is 2. The van der Waals surface area contributed by atoms with E-state index >= 15 is 0 Å². The summed E-state index contributed by atoms with van der Waals surface area (Å²) in [5.41, 5.74) is 3.21. The molecule has 0 fully saturated rings. The summed E-state index contributed by atoms with van der Waals surface area (Å²) in [6.07, 6.45) is 1.48. The van der Waals surface area contributed by atoms with Crippen molar-refractivity contribution in [1.82, 2.24) is 0 Å². The number of benzene rings is 2. The number of furan rings is 1. The van der Waals surface area contributed by atoms with E-state index in [-0.39, 0.29) is 23.6 Å². The maximum atomic E-state index is 13.2. The molecule has 1 unspecified atom stereocenters. The molecule has 31 heavy (non-hydrogen) atoms. The first kappa shape index (κ1) is 19.2. The van der Waals surface area contributed by atoms with Crippen LogP contribution in [0.2, 0.25) is 0 Å². The molecule has 0 radical (unpaired) electrons. The quantitative estimate of drug-likeness (QED) is 0.626. The minimum absolute atomic E-state index is 0.0640. The zero-order chi connectivity index (χ0) is 21.5. The second kappa shape index (κ2) is 7.50. The molecule has 0 bridgehead atoms. The van der Waals surface area contributed by atoms with Gasteiger partial charge in [-0.2, -0.15) is 0 Å². The van der Waals surface area contributed by atoms with Crippen molar-refractivity contribution in [2.45, 2.75) is 19.9 Å². The number of amides is 2. The number of nitrogens with zero attached hydrogens (tertiary/aromatic N) is 2. The van der Waals surface area contributed by atoms with E-state index < -0.39 is 0 Å². The number of hydrogen-bond donors (Lipinski definition) is 0. The summed E-state index contributed by atoms with van der Waals surface area (Å²) in [5, 5.41) is 0. The highest BCUT2D eigenvalue weighted by atomic mass is 16.6. The normalized spacial score (nSPS) is 17.3. The van der Waals surface area contributed by atoms with Crippen LogP contribution < -0.4 is 19.3 Å². The van der Waals surface area contributed by atoms with Gasteiger partial charge < -0.3 is 23.7 Å². The van der Waals surface area contributed by atoms with Crippen LogP contribution in [0.3, 0.4) is 0 Å². The SMILES string of the molecule is CC(=O)N1c2ccc(-c3ccc4c(c3)OCCO4)cc2N(C(=O)c2ccco2)CC1C. The van der Waals surface area contributed by atoms with Crippen LogP contribution in [0.5, 0.6) is 11.5 Å². The lowest BCUT2D eigenvalue weighted by Gasteiger charge is -2.40. The largest absolute Gasteiger partial charge is 0.486 e. The van der Waals surface area contributed by atoms with Gasteiger partial charge in [-0.05, 0) is 54.4 Å². The molecule has 0 N–H and O–H groups in total. The summed E-state index contributed by atoms with van der Waals surface area (Å²) in [5.74, 6) is 1.38. The Kier molecular flexibility index (Phi) is 4.66. The van der Waals surface area contributed by atoms with Gasteiger partial charge in [0.2, 0.25) is 5.91 Å². The van der Waals surface area contributed by atoms with Crippen LogP contribution in [0.1, 0.15) is 24.4 Å². The second-order valence-corrected chi connectivity index (χ2v) is 7.69. The van der Waals surface area contributed by atoms with Gasteiger partial charge in [0.25, 0.3) is 5.91 Å². The molecular weight excluding hydrogens is 396 g/mol. The van der Waals surface area contributed by atoms with Gasteiger partial charge in [-0.1, -0.05) is 12.1 Å². The highest BCUT2D eigenvalue weighted by Gasteiger charge is 2.35. The summed E-state index contributed by atoms with van der Waals surface area (Å²) in [6, 6.07) is 14.7. The summed E-state index contributed by atoms with van der Waals surface area (Å²) >= 11 is 0. The van der Waals surface area contributed by atoms with Crippen LogP contribution >= 0.6 is 0 Å². The third kappa shape index (κ3) is 3.32.